The van der Waals surface area contributed by atoms with Crippen molar-refractivity contribution in [1.82, 2.24) is 16.0 Å². The molecule has 0 rings (SSSR count). The fraction of sp³-hybridized carbons (Fsp3) is 0.897. The van der Waals surface area contributed by atoms with Gasteiger partial charge in [0.05, 0.1) is 0 Å². The second-order valence-corrected chi connectivity index (χ2v) is 13.7. The van der Waals surface area contributed by atoms with Gasteiger partial charge in [-0.05, 0) is 54.8 Å². The van der Waals surface area contributed by atoms with Gasteiger partial charge in [0.15, 0.2) is 0 Å². The minimum absolute atomic E-state index is 0.0478. The van der Waals surface area contributed by atoms with Crippen LogP contribution in [0.4, 0.5) is 0 Å². The highest BCUT2D eigenvalue weighted by Crippen LogP contribution is 2.23. The van der Waals surface area contributed by atoms with Crippen LogP contribution >= 0.6 is 0 Å². The van der Waals surface area contributed by atoms with Gasteiger partial charge in [-0.15, -0.1) is 0 Å². The maximum Gasteiger partial charge on any atom is 0.242 e. The summed E-state index contributed by atoms with van der Waals surface area (Å²) in [6.07, 6.45) is 8.98. The molecular weight excluding hydrogens is 438 g/mol. The van der Waals surface area contributed by atoms with Gasteiger partial charge in [0.1, 0.15) is 6.04 Å². The van der Waals surface area contributed by atoms with Gasteiger partial charge in [0.2, 0.25) is 17.7 Å². The summed E-state index contributed by atoms with van der Waals surface area (Å²) < 4.78 is 0. The van der Waals surface area contributed by atoms with E-state index in [-0.39, 0.29) is 34.0 Å². The highest BCUT2D eigenvalue weighted by molar-refractivity contribution is 5.87. The van der Waals surface area contributed by atoms with Gasteiger partial charge in [0, 0.05) is 25.9 Å². The van der Waals surface area contributed by atoms with Crippen LogP contribution < -0.4 is 16.0 Å². The zero-order chi connectivity index (χ0) is 27.1. The van der Waals surface area contributed by atoms with Gasteiger partial charge in [-0.3, -0.25) is 14.4 Å². The van der Waals surface area contributed by atoms with Crippen molar-refractivity contribution in [2.75, 3.05) is 13.1 Å². The van der Waals surface area contributed by atoms with Crippen molar-refractivity contribution in [2.45, 2.75) is 139 Å². The van der Waals surface area contributed by atoms with E-state index in [9.17, 15) is 14.4 Å². The molecule has 0 aromatic carbocycles. The number of hydrogen-bond acceptors (Lipinski definition) is 3. The molecule has 0 saturated carbocycles. The van der Waals surface area contributed by atoms with Crippen LogP contribution in [-0.2, 0) is 14.4 Å². The number of carbonyl (C=O) groups excluding carboxylic acids is 3. The summed E-state index contributed by atoms with van der Waals surface area (Å²) in [6.45, 7) is 20.8. The first-order valence-corrected chi connectivity index (χ1v) is 13.8. The van der Waals surface area contributed by atoms with Gasteiger partial charge in [0.25, 0.3) is 0 Å². The quantitative estimate of drug-likeness (QED) is 0.225. The summed E-state index contributed by atoms with van der Waals surface area (Å²) in [6, 6.07) is -0.476. The van der Waals surface area contributed by atoms with Crippen LogP contribution in [0.5, 0.6) is 0 Å². The fourth-order valence-electron chi connectivity index (χ4n) is 3.62. The predicted octanol–water partition coefficient (Wildman–Crippen LogP) is 6.13. The zero-order valence-electron chi connectivity index (χ0n) is 24.5. The Labute approximate surface area is 216 Å². The molecule has 0 aliphatic heterocycles. The van der Waals surface area contributed by atoms with Gasteiger partial charge >= 0.3 is 0 Å². The second-order valence-electron chi connectivity index (χ2n) is 13.7. The molecular formula is C29H57N3O3. The average Bonchev–Trinajstić information content (AvgIpc) is 2.68. The molecule has 3 amide bonds. The Morgan fingerprint density at radius 2 is 1.17 bits per heavy atom. The van der Waals surface area contributed by atoms with E-state index in [4.69, 9.17) is 0 Å². The molecule has 6 heteroatoms. The van der Waals surface area contributed by atoms with Crippen molar-refractivity contribution < 1.29 is 14.4 Å². The van der Waals surface area contributed by atoms with Crippen molar-refractivity contribution in [1.29, 1.82) is 0 Å². The van der Waals surface area contributed by atoms with Gasteiger partial charge in [-0.2, -0.15) is 0 Å². The molecule has 0 unspecified atom stereocenters. The van der Waals surface area contributed by atoms with Crippen molar-refractivity contribution in [2.24, 2.45) is 16.2 Å². The van der Waals surface area contributed by atoms with Crippen LogP contribution in [0.1, 0.15) is 133 Å². The monoisotopic (exact) mass is 495 g/mol. The van der Waals surface area contributed by atoms with Gasteiger partial charge in [-0.25, -0.2) is 0 Å². The molecule has 6 nitrogen and oxygen atoms in total. The summed E-state index contributed by atoms with van der Waals surface area (Å²) in [5.74, 6) is -0.0373. The van der Waals surface area contributed by atoms with E-state index < -0.39 is 6.04 Å². The summed E-state index contributed by atoms with van der Waals surface area (Å²) in [7, 11) is 0. The van der Waals surface area contributed by atoms with Crippen LogP contribution in [0, 0.1) is 16.2 Å². The van der Waals surface area contributed by atoms with E-state index in [2.05, 4.69) is 78.3 Å². The van der Waals surface area contributed by atoms with E-state index >= 15 is 0 Å². The Kier molecular flexibility index (Phi) is 15.5. The van der Waals surface area contributed by atoms with Crippen molar-refractivity contribution >= 4 is 17.7 Å². The molecule has 35 heavy (non-hydrogen) atoms. The third-order valence-electron chi connectivity index (χ3n) is 6.00. The number of nitrogens with one attached hydrogen (secondary N) is 3. The maximum absolute atomic E-state index is 12.8. The van der Waals surface area contributed by atoms with Crippen LogP contribution in [0.15, 0.2) is 0 Å². The average molecular weight is 496 g/mol. The summed E-state index contributed by atoms with van der Waals surface area (Å²) in [4.78, 5) is 37.2. The normalized spacial score (nSPS) is 13.3. The lowest BCUT2D eigenvalue weighted by Crippen LogP contribution is -2.47. The second kappa shape index (κ2) is 16.2. The highest BCUT2D eigenvalue weighted by Gasteiger charge is 2.22. The smallest absolute Gasteiger partial charge is 0.242 e. The van der Waals surface area contributed by atoms with E-state index in [1.165, 1.54) is 0 Å². The summed E-state index contributed by atoms with van der Waals surface area (Å²) >= 11 is 0. The van der Waals surface area contributed by atoms with E-state index in [0.717, 1.165) is 57.9 Å². The van der Waals surface area contributed by atoms with E-state index in [0.29, 0.717) is 25.8 Å². The van der Waals surface area contributed by atoms with E-state index in [1.807, 2.05) is 0 Å². The number of amides is 3. The Morgan fingerprint density at radius 3 is 1.74 bits per heavy atom. The molecule has 206 valence electrons. The van der Waals surface area contributed by atoms with Crippen molar-refractivity contribution in [3.05, 3.63) is 0 Å². The first kappa shape index (κ1) is 33.4. The van der Waals surface area contributed by atoms with Crippen molar-refractivity contribution in [3.8, 4) is 0 Å². The molecule has 0 fully saturated rings. The molecule has 0 radical (unpaired) electrons. The number of unbranched alkanes of at least 4 members (excludes halogenated alkanes) is 3. The third kappa shape index (κ3) is 22.6. The van der Waals surface area contributed by atoms with Crippen molar-refractivity contribution in [3.63, 3.8) is 0 Å². The maximum atomic E-state index is 12.8. The molecule has 3 N–H and O–H groups in total. The fourth-order valence-corrected chi connectivity index (χ4v) is 3.62. The number of hydrogen-bond donors (Lipinski definition) is 3. The first-order chi connectivity index (χ1) is 16.0. The zero-order valence-corrected chi connectivity index (χ0v) is 24.5. The molecule has 0 saturated heterocycles. The first-order valence-electron chi connectivity index (χ1n) is 13.8. The molecule has 0 spiro atoms. The van der Waals surface area contributed by atoms with Crippen LogP contribution in [0.25, 0.3) is 0 Å². The lowest BCUT2D eigenvalue weighted by molar-refractivity contribution is -0.129. The lowest BCUT2D eigenvalue weighted by Gasteiger charge is -2.22. The molecule has 0 bridgehead atoms. The van der Waals surface area contributed by atoms with Crippen LogP contribution in [0.3, 0.4) is 0 Å². The van der Waals surface area contributed by atoms with Gasteiger partial charge < -0.3 is 16.0 Å². The predicted molar refractivity (Wildman–Crippen MR) is 147 cm³/mol. The Bertz CT molecular complexity index is 625. The molecule has 1 atom stereocenters. The minimum atomic E-state index is -0.476. The SMILES string of the molecule is CC(C)(C)CCCC[C@H](NC(=O)CCC(C)(C)C)C(=O)NCCCCCC(=O)NCCC(C)(C)C. The molecule has 0 aromatic heterocycles. The molecule has 0 aliphatic carbocycles. The van der Waals surface area contributed by atoms with E-state index in [1.54, 1.807) is 0 Å². The molecule has 0 aliphatic rings. The Balaban J connectivity index is 4.38. The number of carbonyl (C=O) groups is 3. The largest absolute Gasteiger partial charge is 0.356 e. The topological polar surface area (TPSA) is 87.3 Å². The minimum Gasteiger partial charge on any atom is -0.356 e. The van der Waals surface area contributed by atoms with Gasteiger partial charge in [-0.1, -0.05) is 81.6 Å². The molecule has 0 heterocycles. The Morgan fingerprint density at radius 1 is 0.571 bits per heavy atom. The lowest BCUT2D eigenvalue weighted by atomic mass is 9.89. The highest BCUT2D eigenvalue weighted by atomic mass is 16.2. The standard InChI is InChI=1S/C29H57N3O3/c1-27(2,3)18-13-12-15-23(32-25(34)17-19-28(4,5)6)26(35)31-21-14-10-11-16-24(33)30-22-20-29(7,8)9/h23H,10-22H2,1-9H3,(H,30,33)(H,31,35)(H,32,34)/t23-/m0/s1. The summed E-state index contributed by atoms with van der Waals surface area (Å²) in [5, 5.41) is 8.97. The van der Waals surface area contributed by atoms with Crippen LogP contribution in [-0.4, -0.2) is 36.9 Å². The molecule has 0 aromatic rings. The Hall–Kier alpha value is -1.59. The number of rotatable bonds is 16. The van der Waals surface area contributed by atoms with Crippen LogP contribution in [0.2, 0.25) is 0 Å². The third-order valence-corrected chi connectivity index (χ3v) is 6.00. The summed E-state index contributed by atoms with van der Waals surface area (Å²) in [5.41, 5.74) is 0.588.